The molecule has 146 valence electrons. The lowest BCUT2D eigenvalue weighted by atomic mass is 9.77. The predicted molar refractivity (Wildman–Crippen MR) is 94.7 cm³/mol. The summed E-state index contributed by atoms with van der Waals surface area (Å²) in [6, 6.07) is 5.70. The molecule has 27 heavy (non-hydrogen) atoms. The Balaban J connectivity index is 1.82. The van der Waals surface area contributed by atoms with E-state index in [9.17, 15) is 22.0 Å². The van der Waals surface area contributed by atoms with E-state index >= 15 is 0 Å². The number of rotatable bonds is 5. The highest BCUT2D eigenvalue weighted by Gasteiger charge is 2.34. The average molecular weight is 384 g/mol. The zero-order chi connectivity index (χ0) is 19.6. The Morgan fingerprint density at radius 2 is 1.78 bits per heavy atom. The Bertz CT molecular complexity index is 819. The summed E-state index contributed by atoms with van der Waals surface area (Å²) in [5, 5.41) is 0.157. The van der Waals surface area contributed by atoms with Crippen LogP contribution in [0, 0.1) is 17.6 Å². The first-order valence-electron chi connectivity index (χ1n) is 9.06. The molecule has 0 N–H and O–H groups in total. The average Bonchev–Trinajstić information content (AvgIpc) is 2.62. The Morgan fingerprint density at radius 3 is 2.41 bits per heavy atom. The zero-order valence-corrected chi connectivity index (χ0v) is 14.8. The lowest BCUT2D eigenvalue weighted by molar-refractivity contribution is -0.276. The Labute approximate surface area is 154 Å². The highest BCUT2D eigenvalue weighted by Crippen LogP contribution is 2.40. The summed E-state index contributed by atoms with van der Waals surface area (Å²) in [5.41, 5.74) is 0.966. The summed E-state index contributed by atoms with van der Waals surface area (Å²) in [6.07, 6.45) is 3.09. The fraction of sp³-hybridized carbons (Fsp3) is 0.429. The van der Waals surface area contributed by atoms with Crippen molar-refractivity contribution in [1.82, 2.24) is 0 Å². The van der Waals surface area contributed by atoms with E-state index in [4.69, 9.17) is 0 Å². The second-order valence-corrected chi connectivity index (χ2v) is 7.11. The minimum absolute atomic E-state index is 0.0842. The lowest BCUT2D eigenvalue weighted by Crippen LogP contribution is -2.19. The number of hydrogen-bond acceptors (Lipinski definition) is 1. The number of alkyl halides is 3. The quantitative estimate of drug-likeness (QED) is 0.389. The van der Waals surface area contributed by atoms with Crippen molar-refractivity contribution < 1.29 is 26.7 Å². The van der Waals surface area contributed by atoms with Gasteiger partial charge in [-0.05, 0) is 67.4 Å². The van der Waals surface area contributed by atoms with Gasteiger partial charge in [-0.15, -0.1) is 19.8 Å². The smallest absolute Gasteiger partial charge is 0.399 e. The molecule has 2 aromatic carbocycles. The zero-order valence-electron chi connectivity index (χ0n) is 14.8. The predicted octanol–water partition coefficient (Wildman–Crippen LogP) is 7.26. The Hall–Kier alpha value is -2.11. The van der Waals surface area contributed by atoms with E-state index in [1.54, 1.807) is 12.1 Å². The normalized spacial score (nSPS) is 20.6. The number of halogens is 5. The maximum absolute atomic E-state index is 14.3. The SMILES string of the molecule is C=CCCC1CCC(c2ccc3c(F)c(OC(F)(F)F)c(F)cc3c2)CC1. The number of hydrogen-bond donors (Lipinski definition) is 0. The molecule has 1 aliphatic carbocycles. The van der Waals surface area contributed by atoms with Crippen LogP contribution in [0.2, 0.25) is 0 Å². The molecule has 0 amide bonds. The van der Waals surface area contributed by atoms with Gasteiger partial charge in [-0.2, -0.15) is 0 Å². The van der Waals surface area contributed by atoms with Crippen LogP contribution < -0.4 is 4.74 Å². The summed E-state index contributed by atoms with van der Waals surface area (Å²) in [6.45, 7) is 3.74. The molecule has 0 aromatic heterocycles. The van der Waals surface area contributed by atoms with Crippen molar-refractivity contribution in [2.75, 3.05) is 0 Å². The van der Waals surface area contributed by atoms with Crippen LogP contribution in [0.1, 0.15) is 50.0 Å². The van der Waals surface area contributed by atoms with E-state index in [2.05, 4.69) is 11.3 Å². The molecule has 0 radical (unpaired) electrons. The summed E-state index contributed by atoms with van der Waals surface area (Å²) >= 11 is 0. The van der Waals surface area contributed by atoms with Crippen LogP contribution in [0.25, 0.3) is 10.8 Å². The van der Waals surface area contributed by atoms with Gasteiger partial charge in [0.15, 0.2) is 11.6 Å². The molecular weight excluding hydrogens is 363 g/mol. The van der Waals surface area contributed by atoms with E-state index in [-0.39, 0.29) is 10.8 Å². The number of ether oxygens (including phenoxy) is 1. The van der Waals surface area contributed by atoms with Crippen molar-refractivity contribution in [2.45, 2.75) is 50.8 Å². The first-order valence-corrected chi connectivity index (χ1v) is 9.06. The van der Waals surface area contributed by atoms with Crippen molar-refractivity contribution in [3.05, 3.63) is 54.1 Å². The molecule has 0 saturated heterocycles. The maximum Gasteiger partial charge on any atom is 0.573 e. The first kappa shape index (κ1) is 19.6. The topological polar surface area (TPSA) is 9.23 Å². The molecule has 6 heteroatoms. The van der Waals surface area contributed by atoms with Gasteiger partial charge >= 0.3 is 6.36 Å². The molecule has 0 aliphatic heterocycles. The van der Waals surface area contributed by atoms with Gasteiger partial charge in [0.2, 0.25) is 5.75 Å². The van der Waals surface area contributed by atoms with Crippen LogP contribution in [0.15, 0.2) is 36.9 Å². The number of benzene rings is 2. The highest BCUT2D eigenvalue weighted by atomic mass is 19.4. The number of allylic oxidation sites excluding steroid dienone is 1. The van der Waals surface area contributed by atoms with Crippen molar-refractivity contribution in [2.24, 2.45) is 5.92 Å². The van der Waals surface area contributed by atoms with E-state index in [1.165, 1.54) is 6.07 Å². The Kier molecular flexibility index (Phi) is 5.72. The van der Waals surface area contributed by atoms with Gasteiger partial charge in [-0.25, -0.2) is 8.78 Å². The highest BCUT2D eigenvalue weighted by molar-refractivity contribution is 5.85. The van der Waals surface area contributed by atoms with Gasteiger partial charge in [0.25, 0.3) is 0 Å². The van der Waals surface area contributed by atoms with Gasteiger partial charge in [0, 0.05) is 5.39 Å². The Morgan fingerprint density at radius 1 is 1.07 bits per heavy atom. The van der Waals surface area contributed by atoms with Crippen LogP contribution in [0.4, 0.5) is 22.0 Å². The van der Waals surface area contributed by atoms with Crippen molar-refractivity contribution in [1.29, 1.82) is 0 Å². The largest absolute Gasteiger partial charge is 0.573 e. The van der Waals surface area contributed by atoms with Crippen LogP contribution >= 0.6 is 0 Å². The van der Waals surface area contributed by atoms with Crippen LogP contribution in [-0.4, -0.2) is 6.36 Å². The fourth-order valence-electron chi connectivity index (χ4n) is 3.93. The third-order valence-electron chi connectivity index (χ3n) is 5.33. The van der Waals surface area contributed by atoms with Crippen LogP contribution in [0.3, 0.4) is 0 Å². The van der Waals surface area contributed by atoms with Crippen molar-refractivity contribution in [3.8, 4) is 5.75 Å². The van der Waals surface area contributed by atoms with Gasteiger partial charge in [-0.3, -0.25) is 0 Å². The van der Waals surface area contributed by atoms with Crippen molar-refractivity contribution in [3.63, 3.8) is 0 Å². The standard InChI is InChI=1S/C21H21F5O/c1-2-3-4-13-5-7-14(8-6-13)15-9-10-17-16(11-15)12-18(22)20(19(17)23)27-21(24,25)26/h2,9-14H,1,3-8H2. The van der Waals surface area contributed by atoms with Crippen molar-refractivity contribution >= 4 is 10.8 Å². The minimum Gasteiger partial charge on any atom is -0.399 e. The van der Waals surface area contributed by atoms with Crippen LogP contribution in [0.5, 0.6) is 5.75 Å². The van der Waals surface area contributed by atoms with E-state index < -0.39 is 23.7 Å². The lowest BCUT2D eigenvalue weighted by Gasteiger charge is -2.29. The van der Waals surface area contributed by atoms with E-state index in [0.717, 1.165) is 50.2 Å². The molecule has 1 saturated carbocycles. The first-order chi connectivity index (χ1) is 12.8. The molecular formula is C21H21F5O. The van der Waals surface area contributed by atoms with Gasteiger partial charge in [0.05, 0.1) is 0 Å². The summed E-state index contributed by atoms with van der Waals surface area (Å²) in [7, 11) is 0. The molecule has 2 aromatic rings. The van der Waals surface area contributed by atoms with Gasteiger partial charge < -0.3 is 4.74 Å². The summed E-state index contributed by atoms with van der Waals surface area (Å²) in [4.78, 5) is 0. The second kappa shape index (κ2) is 7.87. The van der Waals surface area contributed by atoms with E-state index in [1.807, 2.05) is 6.08 Å². The third-order valence-corrected chi connectivity index (χ3v) is 5.33. The summed E-state index contributed by atoms with van der Waals surface area (Å²) < 4.78 is 68.9. The molecule has 0 heterocycles. The van der Waals surface area contributed by atoms with E-state index in [0.29, 0.717) is 11.8 Å². The number of fused-ring (bicyclic) bond motifs is 1. The third kappa shape index (κ3) is 4.60. The molecule has 1 nitrogen and oxygen atoms in total. The molecule has 0 unspecified atom stereocenters. The monoisotopic (exact) mass is 384 g/mol. The maximum atomic E-state index is 14.3. The molecule has 0 bridgehead atoms. The van der Waals surface area contributed by atoms with Gasteiger partial charge in [0.1, 0.15) is 0 Å². The van der Waals surface area contributed by atoms with Crippen LogP contribution in [-0.2, 0) is 0 Å². The minimum atomic E-state index is -5.15. The molecule has 0 atom stereocenters. The molecule has 0 spiro atoms. The molecule has 1 aliphatic rings. The van der Waals surface area contributed by atoms with Gasteiger partial charge in [-0.1, -0.05) is 24.3 Å². The fourth-order valence-corrected chi connectivity index (χ4v) is 3.93. The molecule has 1 fully saturated rings. The second-order valence-electron chi connectivity index (χ2n) is 7.11. The summed E-state index contributed by atoms with van der Waals surface area (Å²) in [5.74, 6) is -3.13. The molecule has 3 rings (SSSR count).